The normalized spacial score (nSPS) is 16.3. The Balaban J connectivity index is 1.65. The van der Waals surface area contributed by atoms with E-state index in [4.69, 9.17) is 9.26 Å². The van der Waals surface area contributed by atoms with Crippen molar-refractivity contribution in [1.82, 2.24) is 15.1 Å². The molecule has 2 aromatic carbocycles. The minimum Gasteiger partial charge on any atom is -0.339 e. The number of nitrogens with zero attached hydrogens (tertiary/aromatic N) is 2. The van der Waals surface area contributed by atoms with Crippen LogP contribution in [0.25, 0.3) is 0 Å². The highest BCUT2D eigenvalue weighted by Gasteiger charge is 2.53. The number of urea groups is 1. The fourth-order valence-corrected chi connectivity index (χ4v) is 5.26. The second kappa shape index (κ2) is 13.3. The Hall–Kier alpha value is -2.31. The predicted molar refractivity (Wildman–Crippen MR) is 145 cm³/mol. The van der Waals surface area contributed by atoms with Crippen LogP contribution in [0.15, 0.2) is 60.7 Å². The fraction of sp³-hybridized carbons (Fsp3) is 0.500. The van der Waals surface area contributed by atoms with Gasteiger partial charge in [0.2, 0.25) is 0 Å². The highest BCUT2D eigenvalue weighted by atomic mass is 31.0. The van der Waals surface area contributed by atoms with Crippen LogP contribution in [0.1, 0.15) is 64.5 Å². The van der Waals surface area contributed by atoms with Gasteiger partial charge in [0.05, 0.1) is 0 Å². The zero-order valence-corrected chi connectivity index (χ0v) is 23.0. The van der Waals surface area contributed by atoms with Crippen LogP contribution in [-0.2, 0) is 19.6 Å². The Morgan fingerprint density at radius 2 is 1.44 bits per heavy atom. The molecule has 1 saturated heterocycles. The van der Waals surface area contributed by atoms with E-state index in [2.05, 4.69) is 47.4 Å². The molecule has 7 nitrogen and oxygen atoms in total. The van der Waals surface area contributed by atoms with E-state index in [9.17, 15) is 9.59 Å². The minimum atomic E-state index is -1.20. The van der Waals surface area contributed by atoms with E-state index < -0.39 is 5.54 Å². The summed E-state index contributed by atoms with van der Waals surface area (Å²) in [5.74, 6) is -0.227. The van der Waals surface area contributed by atoms with Gasteiger partial charge in [-0.05, 0) is 58.1 Å². The van der Waals surface area contributed by atoms with Gasteiger partial charge in [0.1, 0.15) is 6.23 Å². The maximum absolute atomic E-state index is 13.8. The molecule has 1 N–H and O–H groups in total. The van der Waals surface area contributed by atoms with E-state index in [1.54, 1.807) is 0 Å². The van der Waals surface area contributed by atoms with Crippen molar-refractivity contribution in [2.75, 3.05) is 13.3 Å². The van der Waals surface area contributed by atoms with Crippen LogP contribution in [0.3, 0.4) is 0 Å². The van der Waals surface area contributed by atoms with Gasteiger partial charge in [-0.15, -0.1) is 0 Å². The Morgan fingerprint density at radius 3 is 1.94 bits per heavy atom. The minimum absolute atomic E-state index is 0.0499. The summed E-state index contributed by atoms with van der Waals surface area (Å²) >= 11 is 0. The molecule has 1 heterocycles. The smallest absolute Gasteiger partial charge is 0.325 e. The highest BCUT2D eigenvalue weighted by molar-refractivity contribution is 7.09. The second-order valence-corrected chi connectivity index (χ2v) is 10.1. The maximum Gasteiger partial charge on any atom is 0.325 e. The average molecular weight is 514 g/mol. The molecule has 2 aromatic rings. The third-order valence-electron chi connectivity index (χ3n) is 6.71. The molecule has 1 fully saturated rings. The predicted octanol–water partition coefficient (Wildman–Crippen LogP) is 5.27. The summed E-state index contributed by atoms with van der Waals surface area (Å²) < 4.78 is 11.0. The van der Waals surface area contributed by atoms with Crippen LogP contribution in [0, 0.1) is 0 Å². The fourth-order valence-electron chi connectivity index (χ4n) is 5.18. The molecule has 0 aromatic heterocycles. The van der Waals surface area contributed by atoms with Crippen LogP contribution in [-0.4, -0.2) is 53.4 Å². The summed E-state index contributed by atoms with van der Waals surface area (Å²) in [5, 5.41) is 3.02. The van der Waals surface area contributed by atoms with Crippen molar-refractivity contribution < 1.29 is 18.8 Å². The molecular formula is C28H40N3O4P. The first-order valence-corrected chi connectivity index (χ1v) is 13.3. The molecule has 3 rings (SSSR count). The van der Waals surface area contributed by atoms with Crippen molar-refractivity contribution in [3.05, 3.63) is 71.8 Å². The van der Waals surface area contributed by atoms with Crippen molar-refractivity contribution in [3.8, 4) is 0 Å². The second-order valence-electron chi connectivity index (χ2n) is 9.76. The van der Waals surface area contributed by atoms with Gasteiger partial charge in [0, 0.05) is 28.1 Å². The molecule has 2 unspecified atom stereocenters. The van der Waals surface area contributed by atoms with E-state index in [-0.39, 0.29) is 25.0 Å². The van der Waals surface area contributed by atoms with E-state index in [1.165, 1.54) is 4.90 Å². The van der Waals surface area contributed by atoms with Gasteiger partial charge in [0.25, 0.3) is 5.91 Å². The number of hydrogen-bond acceptors (Lipinski definition) is 5. The number of carbonyl (C=O) groups excluding carboxylic acids is 2. The first-order valence-electron chi connectivity index (χ1n) is 12.8. The van der Waals surface area contributed by atoms with E-state index in [0.717, 1.165) is 36.8 Å². The largest absolute Gasteiger partial charge is 0.339 e. The molecule has 0 aliphatic carbocycles. The monoisotopic (exact) mass is 513 g/mol. The standard InChI is InChI=1S/C28H40N3O4P/c1-21(2)31(22(3)4)25(34-20-35-36)18-12-7-13-19-30-26(32)28(29-27(30)33,23-14-8-5-9-15-23)24-16-10-6-11-17-24/h5-6,8-11,14-17,21-22,25H,7,12-13,18-20,36H2,1-4H3,(H,29,33). The van der Waals surface area contributed by atoms with Gasteiger partial charge in [-0.3, -0.25) is 14.6 Å². The van der Waals surface area contributed by atoms with Gasteiger partial charge >= 0.3 is 6.03 Å². The van der Waals surface area contributed by atoms with Crippen molar-refractivity contribution >= 4 is 21.4 Å². The highest BCUT2D eigenvalue weighted by Crippen LogP contribution is 2.36. The molecule has 0 bridgehead atoms. The quantitative estimate of drug-likeness (QED) is 0.161. The Bertz CT molecular complexity index is 924. The summed E-state index contributed by atoms with van der Waals surface area (Å²) in [6.45, 7) is 9.27. The molecule has 0 radical (unpaired) electrons. The van der Waals surface area contributed by atoms with E-state index in [0.29, 0.717) is 18.6 Å². The summed E-state index contributed by atoms with van der Waals surface area (Å²) in [5.41, 5.74) is 0.317. The Kier molecular flexibility index (Phi) is 10.4. The number of nitrogens with one attached hydrogen (secondary N) is 1. The molecule has 1 aliphatic heterocycles. The average Bonchev–Trinajstić information content (AvgIpc) is 3.13. The SMILES string of the molecule is CC(C)N(C(C)C)C(CCCCCN1C(=O)NC(c2ccccc2)(c2ccccc2)C1=O)OCOP. The van der Waals surface area contributed by atoms with Gasteiger partial charge in [-0.2, -0.15) is 0 Å². The van der Waals surface area contributed by atoms with Gasteiger partial charge in [-0.1, -0.05) is 67.1 Å². The molecule has 196 valence electrons. The third kappa shape index (κ3) is 6.33. The Morgan fingerprint density at radius 1 is 0.889 bits per heavy atom. The molecule has 36 heavy (non-hydrogen) atoms. The van der Waals surface area contributed by atoms with Crippen LogP contribution < -0.4 is 5.32 Å². The van der Waals surface area contributed by atoms with Gasteiger partial charge in [-0.25, -0.2) is 4.79 Å². The van der Waals surface area contributed by atoms with Gasteiger partial charge < -0.3 is 14.6 Å². The number of unbranched alkanes of at least 4 members (excludes halogenated alkanes) is 2. The summed E-state index contributed by atoms with van der Waals surface area (Å²) in [7, 11) is 2.23. The zero-order valence-electron chi connectivity index (χ0n) is 21.9. The molecule has 8 heteroatoms. The lowest BCUT2D eigenvalue weighted by molar-refractivity contribution is -0.131. The zero-order chi connectivity index (χ0) is 26.1. The first kappa shape index (κ1) is 28.3. The summed E-state index contributed by atoms with van der Waals surface area (Å²) in [6, 6.07) is 19.3. The van der Waals surface area contributed by atoms with Crippen LogP contribution in [0.2, 0.25) is 0 Å². The Labute approximate surface area is 217 Å². The number of benzene rings is 2. The van der Waals surface area contributed by atoms with Crippen molar-refractivity contribution in [2.24, 2.45) is 0 Å². The number of amides is 3. The first-order chi connectivity index (χ1) is 17.3. The van der Waals surface area contributed by atoms with Crippen molar-refractivity contribution in [2.45, 2.75) is 77.2 Å². The lowest BCUT2D eigenvalue weighted by Gasteiger charge is -2.37. The van der Waals surface area contributed by atoms with E-state index in [1.807, 2.05) is 60.7 Å². The van der Waals surface area contributed by atoms with E-state index >= 15 is 0 Å². The number of hydrogen-bond donors (Lipinski definition) is 1. The molecule has 1 aliphatic rings. The summed E-state index contributed by atoms with van der Waals surface area (Å²) in [6.07, 6.45) is 3.33. The molecule has 2 atom stereocenters. The van der Waals surface area contributed by atoms with Crippen LogP contribution in [0.4, 0.5) is 4.79 Å². The third-order valence-corrected chi connectivity index (χ3v) is 6.84. The van der Waals surface area contributed by atoms with Crippen LogP contribution >= 0.6 is 9.47 Å². The molecule has 0 spiro atoms. The molecular weight excluding hydrogens is 473 g/mol. The van der Waals surface area contributed by atoms with Crippen LogP contribution in [0.5, 0.6) is 0 Å². The lowest BCUT2D eigenvalue weighted by Crippen LogP contribution is -2.46. The lowest BCUT2D eigenvalue weighted by atomic mass is 9.82. The topological polar surface area (TPSA) is 71.1 Å². The molecule has 3 amide bonds. The number of carbonyl (C=O) groups is 2. The van der Waals surface area contributed by atoms with Gasteiger partial charge in [0.15, 0.2) is 12.3 Å². The van der Waals surface area contributed by atoms with Crippen molar-refractivity contribution in [1.29, 1.82) is 0 Å². The summed E-state index contributed by atoms with van der Waals surface area (Å²) in [4.78, 5) is 30.5. The number of imide groups is 1. The number of ether oxygens (including phenoxy) is 1. The maximum atomic E-state index is 13.8. The molecule has 0 saturated carbocycles. The van der Waals surface area contributed by atoms with Crippen molar-refractivity contribution in [3.63, 3.8) is 0 Å². The number of rotatable bonds is 14.